The molecule has 1 aromatic carbocycles. The Hall–Kier alpha value is -1.52. The molecule has 1 aliphatic rings. The number of anilines is 1. The molecule has 0 spiro atoms. The smallest absolute Gasteiger partial charge is 0.230 e. The lowest BCUT2D eigenvalue weighted by Crippen LogP contribution is -2.23. The Kier molecular flexibility index (Phi) is 5.16. The zero-order valence-corrected chi connectivity index (χ0v) is 14.9. The standard InChI is InChI=1S/C14H14FN3O3S3/c15-11-3-1-9(2-4-11)7-22-14-18-17-13(23-14)16-12(19)10-5-6-24(20,21)8-10/h1-4,10H,5-8H2,(H,16,17,19). The highest BCUT2D eigenvalue weighted by Crippen LogP contribution is 2.29. The second kappa shape index (κ2) is 7.16. The Labute approximate surface area is 146 Å². The van der Waals surface area contributed by atoms with Crippen molar-refractivity contribution < 1.29 is 17.6 Å². The van der Waals surface area contributed by atoms with Crippen molar-refractivity contribution in [3.05, 3.63) is 35.6 Å². The van der Waals surface area contributed by atoms with Gasteiger partial charge in [0.05, 0.1) is 17.4 Å². The number of sulfone groups is 1. The van der Waals surface area contributed by atoms with E-state index < -0.39 is 15.8 Å². The minimum atomic E-state index is -3.09. The number of amides is 1. The van der Waals surface area contributed by atoms with Gasteiger partial charge in [0.2, 0.25) is 11.0 Å². The minimum Gasteiger partial charge on any atom is -0.300 e. The van der Waals surface area contributed by atoms with Gasteiger partial charge in [-0.1, -0.05) is 35.2 Å². The molecule has 10 heteroatoms. The number of rotatable bonds is 5. The number of nitrogens with one attached hydrogen (secondary N) is 1. The number of hydrogen-bond donors (Lipinski definition) is 1. The van der Waals surface area contributed by atoms with Gasteiger partial charge < -0.3 is 5.32 Å². The van der Waals surface area contributed by atoms with Gasteiger partial charge in [-0.3, -0.25) is 4.79 Å². The van der Waals surface area contributed by atoms with Crippen LogP contribution >= 0.6 is 23.1 Å². The van der Waals surface area contributed by atoms with Crippen LogP contribution in [0, 0.1) is 11.7 Å². The van der Waals surface area contributed by atoms with Crippen LogP contribution < -0.4 is 5.32 Å². The molecule has 3 rings (SSSR count). The zero-order valence-electron chi connectivity index (χ0n) is 12.4. The molecule has 2 heterocycles. The van der Waals surface area contributed by atoms with E-state index in [9.17, 15) is 17.6 Å². The van der Waals surface area contributed by atoms with Crippen molar-refractivity contribution in [2.45, 2.75) is 16.5 Å². The summed E-state index contributed by atoms with van der Waals surface area (Å²) in [6.45, 7) is 0. The average molecular weight is 387 g/mol. The maximum Gasteiger partial charge on any atom is 0.230 e. The molecule has 0 bridgehead atoms. The predicted molar refractivity (Wildman–Crippen MR) is 91.3 cm³/mol. The van der Waals surface area contributed by atoms with Crippen LogP contribution in [0.15, 0.2) is 28.6 Å². The molecule has 24 heavy (non-hydrogen) atoms. The average Bonchev–Trinajstić information content (AvgIpc) is 3.13. The van der Waals surface area contributed by atoms with E-state index in [4.69, 9.17) is 0 Å². The summed E-state index contributed by atoms with van der Waals surface area (Å²) in [5.41, 5.74) is 0.957. The Bertz CT molecular complexity index is 836. The first kappa shape index (κ1) is 17.3. The molecule has 1 fully saturated rings. The molecule has 1 saturated heterocycles. The highest BCUT2D eigenvalue weighted by molar-refractivity contribution is 8.00. The molecule has 1 unspecified atom stereocenters. The van der Waals surface area contributed by atoms with Crippen molar-refractivity contribution in [1.29, 1.82) is 0 Å². The molecular weight excluding hydrogens is 373 g/mol. The molecule has 0 saturated carbocycles. The highest BCUT2D eigenvalue weighted by atomic mass is 32.2. The van der Waals surface area contributed by atoms with Crippen LogP contribution in [-0.4, -0.2) is 36.0 Å². The number of thioether (sulfide) groups is 1. The van der Waals surface area contributed by atoms with Crippen LogP contribution in [0.2, 0.25) is 0 Å². The fourth-order valence-electron chi connectivity index (χ4n) is 2.25. The summed E-state index contributed by atoms with van der Waals surface area (Å²) in [5, 5.41) is 10.9. The van der Waals surface area contributed by atoms with Crippen LogP contribution in [0.5, 0.6) is 0 Å². The van der Waals surface area contributed by atoms with Crippen LogP contribution in [-0.2, 0) is 20.4 Å². The molecule has 2 aromatic rings. The molecule has 1 N–H and O–H groups in total. The third-order valence-electron chi connectivity index (χ3n) is 3.52. The van der Waals surface area contributed by atoms with E-state index in [1.165, 1.54) is 35.2 Å². The Morgan fingerprint density at radius 3 is 2.75 bits per heavy atom. The molecule has 6 nitrogen and oxygen atoms in total. The molecule has 1 atom stereocenters. The first-order valence-corrected chi connectivity index (χ1v) is 10.8. The van der Waals surface area contributed by atoms with E-state index in [2.05, 4.69) is 15.5 Å². The molecule has 0 aliphatic carbocycles. The quantitative estimate of drug-likeness (QED) is 0.626. The number of carbonyl (C=O) groups excluding carboxylic acids is 1. The second-order valence-electron chi connectivity index (χ2n) is 5.38. The zero-order chi connectivity index (χ0) is 17.2. The van der Waals surface area contributed by atoms with Crippen LogP contribution in [0.4, 0.5) is 9.52 Å². The number of hydrogen-bond acceptors (Lipinski definition) is 7. The maximum absolute atomic E-state index is 12.8. The first-order chi connectivity index (χ1) is 11.4. The van der Waals surface area contributed by atoms with E-state index in [-0.39, 0.29) is 23.2 Å². The normalized spacial score (nSPS) is 19.3. The largest absolute Gasteiger partial charge is 0.300 e. The fraction of sp³-hybridized carbons (Fsp3) is 0.357. The fourth-order valence-corrected chi connectivity index (χ4v) is 5.71. The molecule has 1 aromatic heterocycles. The lowest BCUT2D eigenvalue weighted by Gasteiger charge is -2.05. The number of halogens is 1. The van der Waals surface area contributed by atoms with Gasteiger partial charge >= 0.3 is 0 Å². The van der Waals surface area contributed by atoms with Crippen molar-refractivity contribution >= 4 is 44.0 Å². The first-order valence-electron chi connectivity index (χ1n) is 7.13. The van der Waals surface area contributed by atoms with Gasteiger partial charge in [0, 0.05) is 5.75 Å². The predicted octanol–water partition coefficient (Wildman–Crippen LogP) is 2.34. The highest BCUT2D eigenvalue weighted by Gasteiger charge is 2.33. The van der Waals surface area contributed by atoms with Gasteiger partial charge in [0.1, 0.15) is 5.82 Å². The lowest BCUT2D eigenvalue weighted by atomic mass is 10.1. The van der Waals surface area contributed by atoms with Crippen LogP contribution in [0.25, 0.3) is 0 Å². The van der Waals surface area contributed by atoms with Crippen LogP contribution in [0.1, 0.15) is 12.0 Å². The third kappa shape index (κ3) is 4.52. The number of nitrogens with zero attached hydrogens (tertiary/aromatic N) is 2. The van der Waals surface area contributed by atoms with Crippen LogP contribution in [0.3, 0.4) is 0 Å². The SMILES string of the molecule is O=C(Nc1nnc(SCc2ccc(F)cc2)s1)C1CCS(=O)(=O)C1. The summed E-state index contributed by atoms with van der Waals surface area (Å²) in [6.07, 6.45) is 0.346. The summed E-state index contributed by atoms with van der Waals surface area (Å²) < 4.78 is 36.3. The minimum absolute atomic E-state index is 0.0555. The van der Waals surface area contributed by atoms with E-state index in [0.29, 0.717) is 21.6 Å². The van der Waals surface area contributed by atoms with Gasteiger partial charge in [-0.2, -0.15) is 0 Å². The maximum atomic E-state index is 12.8. The summed E-state index contributed by atoms with van der Waals surface area (Å²) in [5.74, 6) is -0.567. The van der Waals surface area contributed by atoms with Crippen molar-refractivity contribution in [2.24, 2.45) is 5.92 Å². The molecule has 128 valence electrons. The number of carbonyl (C=O) groups is 1. The topological polar surface area (TPSA) is 89.0 Å². The van der Waals surface area contributed by atoms with Gasteiger partial charge in [0.25, 0.3) is 0 Å². The van der Waals surface area contributed by atoms with Gasteiger partial charge in [-0.25, -0.2) is 12.8 Å². The molecule has 1 amide bonds. The van der Waals surface area contributed by atoms with Crippen molar-refractivity contribution in [1.82, 2.24) is 10.2 Å². The Balaban J connectivity index is 1.53. The van der Waals surface area contributed by atoms with E-state index in [1.54, 1.807) is 12.1 Å². The summed E-state index contributed by atoms with van der Waals surface area (Å²) in [4.78, 5) is 12.0. The third-order valence-corrected chi connectivity index (χ3v) is 7.33. The molecule has 0 radical (unpaired) electrons. The van der Waals surface area contributed by atoms with E-state index in [1.807, 2.05) is 0 Å². The number of benzene rings is 1. The monoisotopic (exact) mass is 387 g/mol. The van der Waals surface area contributed by atoms with Gasteiger partial charge in [0.15, 0.2) is 14.2 Å². The summed E-state index contributed by atoms with van der Waals surface area (Å²) in [7, 11) is -3.09. The van der Waals surface area contributed by atoms with E-state index in [0.717, 1.165) is 5.56 Å². The van der Waals surface area contributed by atoms with E-state index >= 15 is 0 Å². The molecule has 1 aliphatic heterocycles. The lowest BCUT2D eigenvalue weighted by molar-refractivity contribution is -0.119. The van der Waals surface area contributed by atoms with Gasteiger partial charge in [-0.15, -0.1) is 10.2 Å². The van der Waals surface area contributed by atoms with Crippen molar-refractivity contribution in [3.8, 4) is 0 Å². The number of aromatic nitrogens is 2. The van der Waals surface area contributed by atoms with Crippen molar-refractivity contribution in [3.63, 3.8) is 0 Å². The molecular formula is C14H14FN3O3S3. The summed E-state index contributed by atoms with van der Waals surface area (Å²) >= 11 is 2.66. The Morgan fingerprint density at radius 2 is 2.08 bits per heavy atom. The summed E-state index contributed by atoms with van der Waals surface area (Å²) in [6, 6.07) is 6.20. The Morgan fingerprint density at radius 1 is 1.33 bits per heavy atom. The second-order valence-corrected chi connectivity index (χ2v) is 9.81. The van der Waals surface area contributed by atoms with Gasteiger partial charge in [-0.05, 0) is 24.1 Å². The van der Waals surface area contributed by atoms with Crippen molar-refractivity contribution in [2.75, 3.05) is 16.8 Å².